The van der Waals surface area contributed by atoms with Crippen molar-refractivity contribution in [2.45, 2.75) is 33.2 Å². The third kappa shape index (κ3) is 5.65. The number of nitrogens with zero attached hydrogens (tertiary/aromatic N) is 4. The monoisotopic (exact) mass is 478 g/mol. The molecule has 2 aromatic rings. The summed E-state index contributed by atoms with van der Waals surface area (Å²) in [5, 5.41) is 6.50. The molecule has 8 nitrogen and oxygen atoms in total. The second-order valence-electron chi connectivity index (χ2n) is 9.06. The maximum absolute atomic E-state index is 13.5. The summed E-state index contributed by atoms with van der Waals surface area (Å²) >= 11 is 0. The summed E-state index contributed by atoms with van der Waals surface area (Å²) in [6.45, 7) is 8.90. The van der Waals surface area contributed by atoms with Crippen molar-refractivity contribution in [1.29, 1.82) is 0 Å². The minimum atomic E-state index is -0.291. The molecule has 0 aliphatic carbocycles. The standard InChI is InChI=1S/C27H34N4O4/c1-5-35-27(33)30-14-12-29(13-15-30)18-26(32)31-25(21-8-10-22(34-4)11-9-21)17-24(28-31)23-16-19(2)6-7-20(23)3/h6-11,16,25H,5,12-15,17-18H2,1-4H3/t25-/m0/s1. The van der Waals surface area contributed by atoms with Crippen LogP contribution in [0.5, 0.6) is 5.75 Å². The predicted molar refractivity (Wildman–Crippen MR) is 135 cm³/mol. The van der Waals surface area contributed by atoms with Crippen molar-refractivity contribution in [1.82, 2.24) is 14.8 Å². The Labute approximate surface area is 207 Å². The van der Waals surface area contributed by atoms with E-state index in [1.165, 1.54) is 5.56 Å². The lowest BCUT2D eigenvalue weighted by Crippen LogP contribution is -2.51. The lowest BCUT2D eigenvalue weighted by Gasteiger charge is -2.34. The van der Waals surface area contributed by atoms with E-state index >= 15 is 0 Å². The second kappa shape index (κ2) is 10.9. The molecule has 0 saturated carbocycles. The van der Waals surface area contributed by atoms with Gasteiger partial charge in [0.1, 0.15) is 5.75 Å². The van der Waals surface area contributed by atoms with Gasteiger partial charge < -0.3 is 14.4 Å². The number of amides is 2. The van der Waals surface area contributed by atoms with Gasteiger partial charge in [-0.25, -0.2) is 9.80 Å². The smallest absolute Gasteiger partial charge is 0.409 e. The third-order valence-electron chi connectivity index (χ3n) is 6.63. The largest absolute Gasteiger partial charge is 0.497 e. The minimum absolute atomic E-state index is 0.0456. The number of methoxy groups -OCH3 is 1. The summed E-state index contributed by atoms with van der Waals surface area (Å²) in [6.07, 6.45) is 0.360. The van der Waals surface area contributed by atoms with Gasteiger partial charge in [0, 0.05) is 38.2 Å². The van der Waals surface area contributed by atoms with Crippen LogP contribution in [0.25, 0.3) is 0 Å². The van der Waals surface area contributed by atoms with Gasteiger partial charge in [0.2, 0.25) is 0 Å². The van der Waals surface area contributed by atoms with Crippen molar-refractivity contribution < 1.29 is 19.1 Å². The van der Waals surface area contributed by atoms with Gasteiger partial charge in [0.15, 0.2) is 0 Å². The Hall–Kier alpha value is -3.39. The van der Waals surface area contributed by atoms with E-state index in [9.17, 15) is 9.59 Å². The maximum Gasteiger partial charge on any atom is 0.409 e. The van der Waals surface area contributed by atoms with E-state index in [2.05, 4.69) is 36.9 Å². The topological polar surface area (TPSA) is 74.7 Å². The molecule has 2 aliphatic rings. The predicted octanol–water partition coefficient (Wildman–Crippen LogP) is 3.76. The van der Waals surface area contributed by atoms with E-state index in [0.717, 1.165) is 28.2 Å². The number of carbonyl (C=O) groups is 2. The molecule has 2 aliphatic heterocycles. The summed E-state index contributed by atoms with van der Waals surface area (Å²) in [5.74, 6) is 0.732. The molecule has 0 spiro atoms. The molecule has 2 aromatic carbocycles. The summed E-state index contributed by atoms with van der Waals surface area (Å²) in [7, 11) is 1.64. The molecule has 0 bridgehead atoms. The van der Waals surface area contributed by atoms with E-state index < -0.39 is 0 Å². The molecule has 0 aromatic heterocycles. The highest BCUT2D eigenvalue weighted by Gasteiger charge is 2.35. The van der Waals surface area contributed by atoms with Gasteiger partial charge in [-0.15, -0.1) is 0 Å². The number of hydrogen-bond acceptors (Lipinski definition) is 6. The molecule has 4 rings (SSSR count). The van der Waals surface area contributed by atoms with Crippen molar-refractivity contribution in [3.63, 3.8) is 0 Å². The first-order valence-electron chi connectivity index (χ1n) is 12.1. The first-order valence-corrected chi connectivity index (χ1v) is 12.1. The van der Waals surface area contributed by atoms with E-state index in [1.807, 2.05) is 24.3 Å². The van der Waals surface area contributed by atoms with Gasteiger partial charge >= 0.3 is 6.09 Å². The molecule has 35 heavy (non-hydrogen) atoms. The molecule has 1 atom stereocenters. The zero-order chi connectivity index (χ0) is 24.9. The minimum Gasteiger partial charge on any atom is -0.497 e. The van der Waals surface area contributed by atoms with Crippen LogP contribution >= 0.6 is 0 Å². The van der Waals surface area contributed by atoms with Crippen LogP contribution in [0.1, 0.15) is 41.6 Å². The Morgan fingerprint density at radius 3 is 2.40 bits per heavy atom. The van der Waals surface area contributed by atoms with Gasteiger partial charge in [-0.3, -0.25) is 9.69 Å². The van der Waals surface area contributed by atoms with Gasteiger partial charge in [-0.05, 0) is 50.1 Å². The number of benzene rings is 2. The lowest BCUT2D eigenvalue weighted by atomic mass is 9.95. The Morgan fingerprint density at radius 2 is 1.74 bits per heavy atom. The quantitative estimate of drug-likeness (QED) is 0.632. The molecule has 2 heterocycles. The van der Waals surface area contributed by atoms with Crippen LogP contribution in [-0.2, 0) is 9.53 Å². The van der Waals surface area contributed by atoms with Crippen LogP contribution in [0.4, 0.5) is 4.79 Å². The first-order chi connectivity index (χ1) is 16.9. The van der Waals surface area contributed by atoms with Gasteiger partial charge in [0.25, 0.3) is 5.91 Å². The SMILES string of the molecule is CCOC(=O)N1CCN(CC(=O)N2N=C(c3cc(C)ccc3C)C[C@H]2c2ccc(OC)cc2)CC1. The zero-order valence-electron chi connectivity index (χ0n) is 21.0. The number of piperazine rings is 1. The number of hydrazone groups is 1. The highest BCUT2D eigenvalue weighted by Crippen LogP contribution is 2.34. The van der Waals surface area contributed by atoms with Crippen molar-refractivity contribution in [2.24, 2.45) is 5.10 Å². The average Bonchev–Trinajstić information content (AvgIpc) is 3.31. The number of aryl methyl sites for hydroxylation is 2. The molecule has 2 amide bonds. The molecule has 1 saturated heterocycles. The summed E-state index contributed by atoms with van der Waals surface area (Å²) in [4.78, 5) is 29.3. The van der Waals surface area contributed by atoms with Gasteiger partial charge in [-0.1, -0.05) is 29.8 Å². The number of carbonyl (C=O) groups excluding carboxylic acids is 2. The van der Waals surface area contributed by atoms with Crippen molar-refractivity contribution in [3.8, 4) is 5.75 Å². The Morgan fingerprint density at radius 1 is 1.03 bits per heavy atom. The number of hydrogen-bond donors (Lipinski definition) is 0. The Kier molecular flexibility index (Phi) is 7.70. The fourth-order valence-corrected chi connectivity index (χ4v) is 4.60. The highest BCUT2D eigenvalue weighted by atomic mass is 16.6. The maximum atomic E-state index is 13.5. The van der Waals surface area contributed by atoms with Crippen LogP contribution < -0.4 is 4.74 Å². The fourth-order valence-electron chi connectivity index (χ4n) is 4.60. The van der Waals surface area contributed by atoms with Crippen molar-refractivity contribution in [2.75, 3.05) is 46.4 Å². The molecular formula is C27H34N4O4. The summed E-state index contributed by atoms with van der Waals surface area (Å²) in [5.41, 5.74) is 5.34. The van der Waals surface area contributed by atoms with Crippen LogP contribution in [0.15, 0.2) is 47.6 Å². The third-order valence-corrected chi connectivity index (χ3v) is 6.63. The van der Waals surface area contributed by atoms with E-state index in [-0.39, 0.29) is 24.6 Å². The normalized spacial score (nSPS) is 18.4. The van der Waals surface area contributed by atoms with E-state index in [0.29, 0.717) is 39.2 Å². The fraction of sp³-hybridized carbons (Fsp3) is 0.444. The Balaban J connectivity index is 1.52. The average molecular weight is 479 g/mol. The second-order valence-corrected chi connectivity index (χ2v) is 9.06. The molecule has 1 fully saturated rings. The lowest BCUT2D eigenvalue weighted by molar-refractivity contribution is -0.134. The molecule has 0 N–H and O–H groups in total. The molecule has 186 valence electrons. The van der Waals surface area contributed by atoms with Crippen molar-refractivity contribution in [3.05, 3.63) is 64.7 Å². The molecular weight excluding hydrogens is 444 g/mol. The summed E-state index contributed by atoms with van der Waals surface area (Å²) < 4.78 is 10.4. The van der Waals surface area contributed by atoms with E-state index in [1.54, 1.807) is 23.9 Å². The van der Waals surface area contributed by atoms with Crippen LogP contribution in [0, 0.1) is 13.8 Å². The van der Waals surface area contributed by atoms with Crippen LogP contribution in [0.3, 0.4) is 0 Å². The summed E-state index contributed by atoms with van der Waals surface area (Å²) in [6, 6.07) is 14.0. The van der Waals surface area contributed by atoms with Gasteiger partial charge in [-0.2, -0.15) is 5.10 Å². The zero-order valence-corrected chi connectivity index (χ0v) is 21.0. The molecule has 8 heteroatoms. The van der Waals surface area contributed by atoms with Crippen molar-refractivity contribution >= 4 is 17.7 Å². The van der Waals surface area contributed by atoms with Crippen LogP contribution in [-0.4, -0.2) is 79.0 Å². The Bertz CT molecular complexity index is 1090. The van der Waals surface area contributed by atoms with Crippen LogP contribution in [0.2, 0.25) is 0 Å². The molecule has 0 radical (unpaired) electrons. The first kappa shape index (κ1) is 24.7. The number of ether oxygens (including phenoxy) is 2. The number of rotatable bonds is 6. The highest BCUT2D eigenvalue weighted by molar-refractivity contribution is 6.04. The van der Waals surface area contributed by atoms with Gasteiger partial charge in [0.05, 0.1) is 32.0 Å². The van der Waals surface area contributed by atoms with E-state index in [4.69, 9.17) is 14.6 Å². The molecule has 0 unspecified atom stereocenters.